The molecule has 2 N–H and O–H groups in total. The number of nitrogens with one attached hydrogen (secondary N) is 2. The maximum Gasteiger partial charge on any atom is 0.267 e. The van der Waals surface area contributed by atoms with Crippen molar-refractivity contribution < 1.29 is 9.53 Å². The van der Waals surface area contributed by atoms with Crippen LogP contribution in [0.4, 0.5) is 0 Å². The number of rotatable bonds is 6. The van der Waals surface area contributed by atoms with Gasteiger partial charge in [0.1, 0.15) is 5.69 Å². The molecule has 1 saturated heterocycles. The van der Waals surface area contributed by atoms with Gasteiger partial charge in [0.15, 0.2) is 0 Å². The molecule has 1 amide bonds. The van der Waals surface area contributed by atoms with Crippen LogP contribution in [0.15, 0.2) is 12.1 Å². The molecule has 1 aromatic rings. The standard InChI is InChI=1S/C15H25N3O2/c1-12-4-5-14(18(12)2)15(19)17-8-3-11-20-13-6-9-16-10-7-13/h4-5,13,16H,3,6-11H2,1-2H3,(H,17,19). The number of carbonyl (C=O) groups is 1. The van der Waals surface area contributed by atoms with Crippen molar-refractivity contribution in [1.82, 2.24) is 15.2 Å². The smallest absolute Gasteiger partial charge is 0.267 e. The summed E-state index contributed by atoms with van der Waals surface area (Å²) in [5, 5.41) is 6.26. The fraction of sp³-hybridized carbons (Fsp3) is 0.667. The van der Waals surface area contributed by atoms with Crippen molar-refractivity contribution in [2.24, 2.45) is 7.05 Å². The van der Waals surface area contributed by atoms with Crippen molar-refractivity contribution >= 4 is 5.91 Å². The minimum atomic E-state index is -0.0116. The zero-order valence-corrected chi connectivity index (χ0v) is 12.4. The first kappa shape index (κ1) is 15.1. The molecule has 0 saturated carbocycles. The fourth-order valence-corrected chi connectivity index (χ4v) is 2.42. The average Bonchev–Trinajstić information content (AvgIpc) is 2.80. The van der Waals surface area contributed by atoms with E-state index in [0.717, 1.165) is 44.7 Å². The van der Waals surface area contributed by atoms with E-state index in [0.29, 0.717) is 18.3 Å². The molecule has 0 aliphatic carbocycles. The molecule has 0 atom stereocenters. The van der Waals surface area contributed by atoms with Gasteiger partial charge in [0.05, 0.1) is 6.10 Å². The van der Waals surface area contributed by atoms with Crippen molar-refractivity contribution in [2.45, 2.75) is 32.3 Å². The Morgan fingerprint density at radius 2 is 2.20 bits per heavy atom. The Morgan fingerprint density at radius 1 is 1.45 bits per heavy atom. The second kappa shape index (κ2) is 7.45. The zero-order valence-electron chi connectivity index (χ0n) is 12.4. The third kappa shape index (κ3) is 4.08. The van der Waals surface area contributed by atoms with Gasteiger partial charge >= 0.3 is 0 Å². The Labute approximate surface area is 120 Å². The molecule has 1 aliphatic rings. The van der Waals surface area contributed by atoms with Crippen LogP contribution >= 0.6 is 0 Å². The summed E-state index contributed by atoms with van der Waals surface area (Å²) in [6.45, 7) is 5.47. The van der Waals surface area contributed by atoms with Crippen LogP contribution in [-0.2, 0) is 11.8 Å². The quantitative estimate of drug-likeness (QED) is 0.770. The van der Waals surface area contributed by atoms with Gasteiger partial charge < -0.3 is 19.9 Å². The molecule has 1 fully saturated rings. The second-order valence-corrected chi connectivity index (χ2v) is 5.35. The number of amides is 1. The molecule has 5 nitrogen and oxygen atoms in total. The number of ether oxygens (including phenoxy) is 1. The topological polar surface area (TPSA) is 55.3 Å². The summed E-state index contributed by atoms with van der Waals surface area (Å²) in [4.78, 5) is 12.0. The first-order chi connectivity index (χ1) is 9.68. The molecule has 20 heavy (non-hydrogen) atoms. The maximum atomic E-state index is 12.0. The van der Waals surface area contributed by atoms with E-state index in [1.54, 1.807) is 0 Å². The predicted molar refractivity (Wildman–Crippen MR) is 78.9 cm³/mol. The van der Waals surface area contributed by atoms with Gasteiger partial charge in [0.25, 0.3) is 5.91 Å². The molecular formula is C15H25N3O2. The Kier molecular flexibility index (Phi) is 5.61. The van der Waals surface area contributed by atoms with Gasteiger partial charge in [0, 0.05) is 25.9 Å². The number of carbonyl (C=O) groups excluding carboxylic acids is 1. The summed E-state index contributed by atoms with van der Waals surface area (Å²) < 4.78 is 7.71. The summed E-state index contributed by atoms with van der Waals surface area (Å²) >= 11 is 0. The van der Waals surface area contributed by atoms with Gasteiger partial charge in [-0.15, -0.1) is 0 Å². The van der Waals surface area contributed by atoms with Gasteiger partial charge in [0.2, 0.25) is 0 Å². The Morgan fingerprint density at radius 3 is 2.85 bits per heavy atom. The summed E-state index contributed by atoms with van der Waals surface area (Å²) in [5.74, 6) is -0.0116. The number of piperidine rings is 1. The lowest BCUT2D eigenvalue weighted by atomic mass is 10.1. The zero-order chi connectivity index (χ0) is 14.4. The van der Waals surface area contributed by atoms with E-state index in [1.807, 2.05) is 30.7 Å². The summed E-state index contributed by atoms with van der Waals surface area (Å²) in [6, 6.07) is 3.81. The molecule has 1 aliphatic heterocycles. The SMILES string of the molecule is Cc1ccc(C(=O)NCCCOC2CCNCC2)n1C. The summed E-state index contributed by atoms with van der Waals surface area (Å²) in [6.07, 6.45) is 3.44. The van der Waals surface area contributed by atoms with Crippen molar-refractivity contribution in [3.05, 3.63) is 23.5 Å². The van der Waals surface area contributed by atoms with Crippen molar-refractivity contribution in [3.63, 3.8) is 0 Å². The van der Waals surface area contributed by atoms with E-state index in [1.165, 1.54) is 0 Å². The van der Waals surface area contributed by atoms with Crippen LogP contribution in [0.2, 0.25) is 0 Å². The van der Waals surface area contributed by atoms with Gasteiger partial charge in [-0.2, -0.15) is 0 Å². The number of nitrogens with zero attached hydrogens (tertiary/aromatic N) is 1. The van der Waals surface area contributed by atoms with Crippen molar-refractivity contribution in [2.75, 3.05) is 26.2 Å². The van der Waals surface area contributed by atoms with Crippen molar-refractivity contribution in [1.29, 1.82) is 0 Å². The second-order valence-electron chi connectivity index (χ2n) is 5.35. The van der Waals surface area contributed by atoms with Crippen molar-refractivity contribution in [3.8, 4) is 0 Å². The Hall–Kier alpha value is -1.33. The molecule has 2 heterocycles. The molecule has 0 radical (unpaired) electrons. The molecule has 0 aromatic carbocycles. The average molecular weight is 279 g/mol. The number of aryl methyl sites for hydroxylation is 1. The van der Waals surface area contributed by atoms with Crippen LogP contribution in [0.1, 0.15) is 35.4 Å². The lowest BCUT2D eigenvalue weighted by molar-refractivity contribution is 0.0317. The van der Waals surface area contributed by atoms with Crippen LogP contribution in [-0.4, -0.2) is 42.8 Å². The van der Waals surface area contributed by atoms with E-state index in [-0.39, 0.29) is 5.91 Å². The van der Waals surface area contributed by atoms with Gasteiger partial charge in [-0.05, 0) is 51.4 Å². The van der Waals surface area contributed by atoms with Gasteiger partial charge in [-0.1, -0.05) is 0 Å². The molecule has 0 bridgehead atoms. The lowest BCUT2D eigenvalue weighted by Crippen LogP contribution is -2.33. The normalized spacial score (nSPS) is 16.3. The number of hydrogen-bond donors (Lipinski definition) is 2. The van der Waals surface area contributed by atoms with Gasteiger partial charge in [-0.25, -0.2) is 0 Å². The molecular weight excluding hydrogens is 254 g/mol. The number of hydrogen-bond acceptors (Lipinski definition) is 3. The molecule has 112 valence electrons. The van der Waals surface area contributed by atoms with E-state index >= 15 is 0 Å². The highest BCUT2D eigenvalue weighted by Gasteiger charge is 2.13. The van der Waals surface area contributed by atoms with Crippen LogP contribution in [0.25, 0.3) is 0 Å². The van der Waals surface area contributed by atoms with E-state index < -0.39 is 0 Å². The first-order valence-corrected chi connectivity index (χ1v) is 7.41. The van der Waals surface area contributed by atoms with Crippen LogP contribution in [0, 0.1) is 6.92 Å². The molecule has 2 rings (SSSR count). The highest BCUT2D eigenvalue weighted by atomic mass is 16.5. The van der Waals surface area contributed by atoms with Crippen LogP contribution in [0.5, 0.6) is 0 Å². The highest BCUT2D eigenvalue weighted by Crippen LogP contribution is 2.07. The third-order valence-electron chi connectivity index (χ3n) is 3.85. The van der Waals surface area contributed by atoms with Crippen LogP contribution in [0.3, 0.4) is 0 Å². The van der Waals surface area contributed by atoms with E-state index in [9.17, 15) is 4.79 Å². The highest BCUT2D eigenvalue weighted by molar-refractivity contribution is 5.92. The monoisotopic (exact) mass is 279 g/mol. The minimum Gasteiger partial charge on any atom is -0.378 e. The number of aromatic nitrogens is 1. The van der Waals surface area contributed by atoms with E-state index in [4.69, 9.17) is 4.74 Å². The summed E-state index contributed by atoms with van der Waals surface area (Å²) in [5.41, 5.74) is 1.80. The Bertz CT molecular complexity index is 436. The molecule has 5 heteroatoms. The fourth-order valence-electron chi connectivity index (χ4n) is 2.42. The minimum absolute atomic E-state index is 0.0116. The Balaban J connectivity index is 1.61. The molecule has 1 aromatic heterocycles. The van der Waals surface area contributed by atoms with Gasteiger partial charge in [-0.3, -0.25) is 4.79 Å². The molecule has 0 spiro atoms. The largest absolute Gasteiger partial charge is 0.378 e. The molecule has 0 unspecified atom stereocenters. The maximum absolute atomic E-state index is 12.0. The summed E-state index contributed by atoms with van der Waals surface area (Å²) in [7, 11) is 1.91. The predicted octanol–water partition coefficient (Wildman–Crippen LogP) is 1.22. The van der Waals surface area contributed by atoms with E-state index in [2.05, 4.69) is 10.6 Å². The third-order valence-corrected chi connectivity index (χ3v) is 3.85. The lowest BCUT2D eigenvalue weighted by Gasteiger charge is -2.22. The van der Waals surface area contributed by atoms with Crippen LogP contribution < -0.4 is 10.6 Å². The first-order valence-electron chi connectivity index (χ1n) is 7.41.